The average molecular weight is 269 g/mol. The van der Waals surface area contributed by atoms with E-state index in [-0.39, 0.29) is 5.54 Å². The first-order valence-corrected chi connectivity index (χ1v) is 7.64. The van der Waals surface area contributed by atoms with Gasteiger partial charge in [-0.1, -0.05) is 6.07 Å². The minimum atomic E-state index is 0.166. The van der Waals surface area contributed by atoms with E-state index in [2.05, 4.69) is 48.3 Å². The molecule has 1 saturated heterocycles. The van der Waals surface area contributed by atoms with Gasteiger partial charge in [0.1, 0.15) is 6.07 Å². The van der Waals surface area contributed by atoms with Crippen molar-refractivity contribution in [3.63, 3.8) is 0 Å². The lowest BCUT2D eigenvalue weighted by Crippen LogP contribution is -2.38. The van der Waals surface area contributed by atoms with Crippen molar-refractivity contribution in [2.45, 2.75) is 57.7 Å². The molecule has 0 radical (unpaired) electrons. The van der Waals surface area contributed by atoms with Crippen molar-refractivity contribution >= 4 is 5.69 Å². The number of benzene rings is 1. The minimum absolute atomic E-state index is 0.166. The van der Waals surface area contributed by atoms with Crippen LogP contribution in [0, 0.1) is 11.3 Å². The lowest BCUT2D eigenvalue weighted by atomic mass is 10.00. The molecule has 3 nitrogen and oxygen atoms in total. The fraction of sp³-hybridized carbons (Fsp3) is 0.588. The van der Waals surface area contributed by atoms with Gasteiger partial charge in [-0.3, -0.25) is 0 Å². The Hall–Kier alpha value is -1.53. The molecule has 3 rings (SSSR count). The second-order valence-corrected chi connectivity index (χ2v) is 6.69. The van der Waals surface area contributed by atoms with E-state index in [4.69, 9.17) is 0 Å². The van der Waals surface area contributed by atoms with E-state index in [0.29, 0.717) is 6.04 Å². The number of nitrogens with zero attached hydrogens (tertiary/aromatic N) is 2. The summed E-state index contributed by atoms with van der Waals surface area (Å²) in [5.74, 6) is 0. The molecule has 3 heteroatoms. The Kier molecular flexibility index (Phi) is 3.43. The molecular weight excluding hydrogens is 246 g/mol. The number of hydrogen-bond acceptors (Lipinski definition) is 3. The third kappa shape index (κ3) is 2.66. The fourth-order valence-corrected chi connectivity index (χ4v) is 3.12. The van der Waals surface area contributed by atoms with Gasteiger partial charge in [-0.15, -0.1) is 0 Å². The van der Waals surface area contributed by atoms with E-state index in [1.165, 1.54) is 31.2 Å². The van der Waals surface area contributed by atoms with Gasteiger partial charge < -0.3 is 10.2 Å². The first-order valence-electron chi connectivity index (χ1n) is 7.64. The topological polar surface area (TPSA) is 39.1 Å². The largest absolute Gasteiger partial charge is 0.365 e. The minimum Gasteiger partial charge on any atom is -0.365 e. The van der Waals surface area contributed by atoms with E-state index < -0.39 is 0 Å². The van der Waals surface area contributed by atoms with E-state index in [9.17, 15) is 5.26 Å². The normalized spacial score (nSPS) is 20.9. The number of hydrogen-bond donors (Lipinski definition) is 1. The summed E-state index contributed by atoms with van der Waals surface area (Å²) in [6.07, 6.45) is 5.00. The highest BCUT2D eigenvalue weighted by molar-refractivity contribution is 5.62. The monoisotopic (exact) mass is 269 g/mol. The van der Waals surface area contributed by atoms with Crippen molar-refractivity contribution in [2.75, 3.05) is 11.4 Å². The molecule has 2 aliphatic rings. The molecule has 0 atom stereocenters. The van der Waals surface area contributed by atoms with Crippen molar-refractivity contribution in [3.05, 3.63) is 29.3 Å². The molecule has 0 aromatic heterocycles. The summed E-state index contributed by atoms with van der Waals surface area (Å²) >= 11 is 0. The molecule has 0 bridgehead atoms. The third-order valence-electron chi connectivity index (χ3n) is 4.55. The smallest absolute Gasteiger partial charge is 0.101 e. The molecule has 2 fully saturated rings. The predicted octanol–water partition coefficient (Wildman–Crippen LogP) is 3.19. The molecule has 1 aliphatic heterocycles. The van der Waals surface area contributed by atoms with Crippen LogP contribution in [0.15, 0.2) is 18.2 Å². The molecule has 1 heterocycles. The number of nitriles is 1. The van der Waals surface area contributed by atoms with Crippen molar-refractivity contribution in [2.24, 2.45) is 0 Å². The van der Waals surface area contributed by atoms with Gasteiger partial charge in [0.25, 0.3) is 0 Å². The Morgan fingerprint density at radius 1 is 1.40 bits per heavy atom. The van der Waals surface area contributed by atoms with Crippen LogP contribution >= 0.6 is 0 Å². The lowest BCUT2D eigenvalue weighted by Gasteiger charge is -2.34. The van der Waals surface area contributed by atoms with Gasteiger partial charge in [-0.05, 0) is 57.2 Å². The van der Waals surface area contributed by atoms with Crippen LogP contribution in [0.5, 0.6) is 0 Å². The summed E-state index contributed by atoms with van der Waals surface area (Å²) in [6, 6.07) is 9.45. The van der Waals surface area contributed by atoms with Crippen LogP contribution in [-0.2, 0) is 6.54 Å². The zero-order valence-electron chi connectivity index (χ0n) is 12.4. The van der Waals surface area contributed by atoms with Gasteiger partial charge >= 0.3 is 0 Å². The van der Waals surface area contributed by atoms with Gasteiger partial charge in [0.15, 0.2) is 0 Å². The summed E-state index contributed by atoms with van der Waals surface area (Å²) < 4.78 is 0. The van der Waals surface area contributed by atoms with Crippen LogP contribution in [0.2, 0.25) is 0 Å². The van der Waals surface area contributed by atoms with E-state index in [0.717, 1.165) is 24.3 Å². The van der Waals surface area contributed by atoms with E-state index in [1.807, 2.05) is 0 Å². The lowest BCUT2D eigenvalue weighted by molar-refractivity contribution is 0.517. The molecule has 0 amide bonds. The van der Waals surface area contributed by atoms with Crippen LogP contribution in [0.25, 0.3) is 0 Å². The van der Waals surface area contributed by atoms with Gasteiger partial charge in [-0.2, -0.15) is 5.26 Å². The Bertz CT molecular complexity index is 538. The Morgan fingerprint density at radius 2 is 2.20 bits per heavy atom. The maximum Gasteiger partial charge on any atom is 0.101 e. The standard InChI is InChI=1S/C17H23N3/c1-17(2)8-3-9-20(17)16-7-4-13(10-14(16)11-18)12-19-15-5-6-15/h4,7,10,15,19H,3,5-6,8-9,12H2,1-2H3. The number of rotatable bonds is 4. The highest BCUT2D eigenvalue weighted by atomic mass is 15.2. The fourth-order valence-electron chi connectivity index (χ4n) is 3.12. The van der Waals surface area contributed by atoms with Crippen molar-refractivity contribution < 1.29 is 0 Å². The zero-order valence-corrected chi connectivity index (χ0v) is 12.4. The van der Waals surface area contributed by atoms with Crippen LogP contribution in [0.4, 0.5) is 5.69 Å². The van der Waals surface area contributed by atoms with Gasteiger partial charge in [-0.25, -0.2) is 0 Å². The molecule has 1 saturated carbocycles. The Balaban J connectivity index is 1.82. The number of nitrogens with one attached hydrogen (secondary N) is 1. The van der Waals surface area contributed by atoms with E-state index in [1.54, 1.807) is 0 Å². The van der Waals surface area contributed by atoms with Gasteiger partial charge in [0, 0.05) is 24.7 Å². The Labute approximate surface area is 121 Å². The molecule has 1 N–H and O–H groups in total. The van der Waals surface area contributed by atoms with Gasteiger partial charge in [0.05, 0.1) is 11.3 Å². The third-order valence-corrected chi connectivity index (χ3v) is 4.55. The maximum absolute atomic E-state index is 9.47. The first-order chi connectivity index (χ1) is 9.60. The molecule has 1 aliphatic carbocycles. The second kappa shape index (κ2) is 5.10. The van der Waals surface area contributed by atoms with Crippen LogP contribution in [0.3, 0.4) is 0 Å². The first kappa shape index (κ1) is 13.5. The van der Waals surface area contributed by atoms with Crippen molar-refractivity contribution in [1.82, 2.24) is 5.32 Å². The summed E-state index contributed by atoms with van der Waals surface area (Å²) in [6.45, 7) is 6.47. The van der Waals surface area contributed by atoms with Crippen molar-refractivity contribution in [1.29, 1.82) is 5.26 Å². The average Bonchev–Trinajstić information content (AvgIpc) is 3.19. The maximum atomic E-state index is 9.47. The summed E-state index contributed by atoms with van der Waals surface area (Å²) in [5, 5.41) is 13.0. The van der Waals surface area contributed by atoms with Gasteiger partial charge in [0.2, 0.25) is 0 Å². The molecule has 0 unspecified atom stereocenters. The van der Waals surface area contributed by atoms with Crippen LogP contribution < -0.4 is 10.2 Å². The molecular formula is C17H23N3. The Morgan fingerprint density at radius 3 is 2.80 bits per heavy atom. The SMILES string of the molecule is CC1(C)CCCN1c1ccc(CNC2CC2)cc1C#N. The molecule has 1 aromatic carbocycles. The van der Waals surface area contributed by atoms with Crippen LogP contribution in [-0.4, -0.2) is 18.1 Å². The highest BCUT2D eigenvalue weighted by Gasteiger charge is 2.33. The van der Waals surface area contributed by atoms with Crippen molar-refractivity contribution in [3.8, 4) is 6.07 Å². The zero-order chi connectivity index (χ0) is 14.2. The summed E-state index contributed by atoms with van der Waals surface area (Å²) in [5.41, 5.74) is 3.30. The summed E-state index contributed by atoms with van der Waals surface area (Å²) in [4.78, 5) is 2.39. The summed E-state index contributed by atoms with van der Waals surface area (Å²) in [7, 11) is 0. The predicted molar refractivity (Wildman–Crippen MR) is 81.7 cm³/mol. The molecule has 20 heavy (non-hydrogen) atoms. The van der Waals surface area contributed by atoms with Crippen LogP contribution in [0.1, 0.15) is 50.7 Å². The molecule has 0 spiro atoms. The van der Waals surface area contributed by atoms with E-state index >= 15 is 0 Å². The molecule has 1 aromatic rings. The molecule has 106 valence electrons. The highest BCUT2D eigenvalue weighted by Crippen LogP contribution is 2.35. The number of anilines is 1. The second-order valence-electron chi connectivity index (χ2n) is 6.69. The quantitative estimate of drug-likeness (QED) is 0.912.